The Balaban J connectivity index is 1.91. The summed E-state index contributed by atoms with van der Waals surface area (Å²) in [5.41, 5.74) is 2.53. The predicted molar refractivity (Wildman–Crippen MR) is 108 cm³/mol. The van der Waals surface area contributed by atoms with Gasteiger partial charge in [0.1, 0.15) is 17.6 Å². The molecule has 1 N–H and O–H groups in total. The number of benzene rings is 1. The summed E-state index contributed by atoms with van der Waals surface area (Å²) < 4.78 is 5.80. The Kier molecular flexibility index (Phi) is 4.43. The molecule has 1 aromatic carbocycles. The lowest BCUT2D eigenvalue weighted by atomic mass is 9.99. The Labute approximate surface area is 166 Å². The fraction of sp³-hybridized carbons (Fsp3) is 0.182. The zero-order chi connectivity index (χ0) is 20.0. The standard InChI is InChI=1S/C22H19NO4S/c1-12-6-7-13(2)15(11-12)23-19(16-9-8-14(3)27-16)18(21(25)22(23)26)20(24)17-5-4-10-28-17/h4-11,19,25H,1-3H3. The molecule has 28 heavy (non-hydrogen) atoms. The van der Waals surface area contributed by atoms with E-state index in [1.54, 1.807) is 36.6 Å². The summed E-state index contributed by atoms with van der Waals surface area (Å²) in [5, 5.41) is 12.5. The molecule has 3 aromatic rings. The molecule has 1 aliphatic rings. The minimum atomic E-state index is -0.823. The number of ketones is 1. The fourth-order valence-electron chi connectivity index (χ4n) is 3.47. The van der Waals surface area contributed by atoms with Gasteiger partial charge in [0.15, 0.2) is 5.76 Å². The van der Waals surface area contributed by atoms with Crippen LogP contribution in [-0.2, 0) is 4.79 Å². The lowest BCUT2D eigenvalue weighted by Gasteiger charge is -2.26. The number of thiophene rings is 1. The van der Waals surface area contributed by atoms with Crippen LogP contribution in [0.1, 0.15) is 38.4 Å². The van der Waals surface area contributed by atoms with Gasteiger partial charge in [0.25, 0.3) is 5.91 Å². The smallest absolute Gasteiger partial charge is 0.294 e. The van der Waals surface area contributed by atoms with Crippen molar-refractivity contribution in [3.05, 3.63) is 86.7 Å². The molecule has 0 bridgehead atoms. The van der Waals surface area contributed by atoms with Gasteiger partial charge in [-0.2, -0.15) is 0 Å². The number of aryl methyl sites for hydroxylation is 3. The van der Waals surface area contributed by atoms with Crippen molar-refractivity contribution >= 4 is 28.7 Å². The van der Waals surface area contributed by atoms with Gasteiger partial charge in [0, 0.05) is 5.69 Å². The van der Waals surface area contributed by atoms with Gasteiger partial charge < -0.3 is 9.52 Å². The van der Waals surface area contributed by atoms with E-state index in [1.807, 2.05) is 32.0 Å². The molecule has 0 spiro atoms. The topological polar surface area (TPSA) is 70.8 Å². The second-order valence-electron chi connectivity index (χ2n) is 6.88. The zero-order valence-corrected chi connectivity index (χ0v) is 16.5. The Morgan fingerprint density at radius 1 is 1.14 bits per heavy atom. The molecular weight excluding hydrogens is 374 g/mol. The molecule has 0 radical (unpaired) electrons. The molecule has 1 unspecified atom stereocenters. The molecule has 0 fully saturated rings. The minimum Gasteiger partial charge on any atom is -0.503 e. The second-order valence-corrected chi connectivity index (χ2v) is 7.83. The van der Waals surface area contributed by atoms with Crippen LogP contribution in [0.4, 0.5) is 5.69 Å². The number of hydrogen-bond donors (Lipinski definition) is 1. The average molecular weight is 393 g/mol. The number of rotatable bonds is 4. The highest BCUT2D eigenvalue weighted by Gasteiger charge is 2.46. The summed E-state index contributed by atoms with van der Waals surface area (Å²) in [6.45, 7) is 5.62. The van der Waals surface area contributed by atoms with Crippen molar-refractivity contribution in [2.75, 3.05) is 4.90 Å². The van der Waals surface area contributed by atoms with Gasteiger partial charge in [-0.3, -0.25) is 14.5 Å². The third-order valence-corrected chi connectivity index (χ3v) is 5.72. The third kappa shape index (κ3) is 2.86. The van der Waals surface area contributed by atoms with Crippen molar-refractivity contribution in [3.8, 4) is 0 Å². The van der Waals surface area contributed by atoms with Crippen LogP contribution in [0.3, 0.4) is 0 Å². The highest BCUT2D eigenvalue weighted by Crippen LogP contribution is 2.43. The van der Waals surface area contributed by atoms with E-state index in [0.29, 0.717) is 22.1 Å². The normalized spacial score (nSPS) is 16.9. The van der Waals surface area contributed by atoms with Gasteiger partial charge >= 0.3 is 0 Å². The molecule has 2 aromatic heterocycles. The largest absolute Gasteiger partial charge is 0.503 e. The van der Waals surface area contributed by atoms with Crippen LogP contribution in [0.5, 0.6) is 0 Å². The monoisotopic (exact) mass is 393 g/mol. The first-order valence-corrected chi connectivity index (χ1v) is 9.75. The van der Waals surface area contributed by atoms with E-state index in [-0.39, 0.29) is 11.4 Å². The zero-order valence-electron chi connectivity index (χ0n) is 15.7. The number of aliphatic hydroxyl groups excluding tert-OH is 1. The Hall–Kier alpha value is -3.12. The molecule has 1 amide bonds. The number of carbonyl (C=O) groups excluding carboxylic acids is 2. The fourth-order valence-corrected chi connectivity index (χ4v) is 4.15. The summed E-state index contributed by atoms with van der Waals surface area (Å²) in [6, 6.07) is 11.9. The van der Waals surface area contributed by atoms with E-state index < -0.39 is 17.7 Å². The molecule has 142 valence electrons. The van der Waals surface area contributed by atoms with Crippen molar-refractivity contribution in [3.63, 3.8) is 0 Å². The minimum absolute atomic E-state index is 0.0442. The number of amides is 1. The Bertz CT molecular complexity index is 1110. The summed E-state index contributed by atoms with van der Waals surface area (Å²) >= 11 is 1.27. The maximum atomic E-state index is 13.2. The molecule has 0 aliphatic carbocycles. The molecule has 4 rings (SSSR count). The van der Waals surface area contributed by atoms with E-state index in [9.17, 15) is 14.7 Å². The number of anilines is 1. The molecule has 1 aliphatic heterocycles. The first-order valence-electron chi connectivity index (χ1n) is 8.87. The van der Waals surface area contributed by atoms with Gasteiger partial charge in [0.2, 0.25) is 5.78 Å². The first-order chi connectivity index (χ1) is 13.4. The lowest BCUT2D eigenvalue weighted by Crippen LogP contribution is -2.31. The highest BCUT2D eigenvalue weighted by atomic mass is 32.1. The third-order valence-electron chi connectivity index (χ3n) is 4.85. The van der Waals surface area contributed by atoms with Gasteiger partial charge in [-0.1, -0.05) is 18.2 Å². The van der Waals surface area contributed by atoms with Crippen LogP contribution in [0.25, 0.3) is 0 Å². The first kappa shape index (κ1) is 18.3. The van der Waals surface area contributed by atoms with Crippen LogP contribution in [-0.4, -0.2) is 16.8 Å². The Morgan fingerprint density at radius 3 is 2.57 bits per heavy atom. The number of carbonyl (C=O) groups is 2. The number of Topliss-reactive ketones (excluding diaryl/α,β-unsaturated/α-hetero) is 1. The average Bonchev–Trinajstić information content (AvgIpc) is 3.38. The van der Waals surface area contributed by atoms with E-state index >= 15 is 0 Å². The number of aliphatic hydroxyl groups is 1. The summed E-state index contributed by atoms with van der Waals surface area (Å²) in [6.07, 6.45) is 0. The highest BCUT2D eigenvalue weighted by molar-refractivity contribution is 7.12. The SMILES string of the molecule is Cc1ccc(C)c(N2C(=O)C(O)=C(C(=O)c3cccs3)C2c2ccc(C)o2)c1. The van der Waals surface area contributed by atoms with E-state index in [1.165, 1.54) is 16.2 Å². The van der Waals surface area contributed by atoms with Crippen molar-refractivity contribution < 1.29 is 19.1 Å². The second kappa shape index (κ2) is 6.80. The maximum absolute atomic E-state index is 13.2. The van der Waals surface area contributed by atoms with Crippen LogP contribution in [0.15, 0.2) is 63.6 Å². The molecule has 5 nitrogen and oxygen atoms in total. The number of nitrogens with zero attached hydrogens (tertiary/aromatic N) is 1. The van der Waals surface area contributed by atoms with Crippen molar-refractivity contribution in [1.29, 1.82) is 0 Å². The molecule has 0 saturated carbocycles. The Morgan fingerprint density at radius 2 is 1.93 bits per heavy atom. The summed E-state index contributed by atoms with van der Waals surface area (Å²) in [5.74, 6) is -0.396. The van der Waals surface area contributed by atoms with Crippen molar-refractivity contribution in [2.45, 2.75) is 26.8 Å². The van der Waals surface area contributed by atoms with Crippen LogP contribution >= 0.6 is 11.3 Å². The van der Waals surface area contributed by atoms with Crippen LogP contribution < -0.4 is 4.90 Å². The van der Waals surface area contributed by atoms with Crippen LogP contribution in [0, 0.1) is 20.8 Å². The summed E-state index contributed by atoms with van der Waals surface area (Å²) in [4.78, 5) is 28.1. The molecule has 1 atom stereocenters. The van der Waals surface area contributed by atoms with Gasteiger partial charge in [0.05, 0.1) is 10.5 Å². The van der Waals surface area contributed by atoms with Gasteiger partial charge in [-0.25, -0.2) is 0 Å². The van der Waals surface area contributed by atoms with Gasteiger partial charge in [-0.15, -0.1) is 11.3 Å². The van der Waals surface area contributed by atoms with Crippen molar-refractivity contribution in [1.82, 2.24) is 0 Å². The predicted octanol–water partition coefficient (Wildman–Crippen LogP) is 5.05. The van der Waals surface area contributed by atoms with E-state index in [0.717, 1.165) is 11.1 Å². The number of hydrogen-bond acceptors (Lipinski definition) is 5. The number of furan rings is 1. The van der Waals surface area contributed by atoms with Crippen molar-refractivity contribution in [2.24, 2.45) is 0 Å². The summed E-state index contributed by atoms with van der Waals surface area (Å²) in [7, 11) is 0. The van der Waals surface area contributed by atoms with E-state index in [4.69, 9.17) is 4.42 Å². The lowest BCUT2D eigenvalue weighted by molar-refractivity contribution is -0.117. The maximum Gasteiger partial charge on any atom is 0.294 e. The van der Waals surface area contributed by atoms with Crippen LogP contribution in [0.2, 0.25) is 0 Å². The molecule has 6 heteroatoms. The molecular formula is C22H19NO4S. The van der Waals surface area contributed by atoms with E-state index in [2.05, 4.69) is 0 Å². The quantitative estimate of drug-likeness (QED) is 0.630. The van der Waals surface area contributed by atoms with Gasteiger partial charge in [-0.05, 0) is 61.5 Å². The molecule has 3 heterocycles. The molecule has 0 saturated heterocycles.